The van der Waals surface area contributed by atoms with E-state index < -0.39 is 27.8 Å². The molecule has 2 N–H and O–H groups in total. The highest BCUT2D eigenvalue weighted by Crippen LogP contribution is 2.19. The summed E-state index contributed by atoms with van der Waals surface area (Å²) in [5, 5.41) is 2.27. The number of hydrogen-bond donors (Lipinski definition) is 2. The zero-order valence-electron chi connectivity index (χ0n) is 9.45. The second kappa shape index (κ2) is 5.53. The van der Waals surface area contributed by atoms with Gasteiger partial charge in [-0.05, 0) is 19.1 Å². The molecule has 0 radical (unpaired) electrons. The molecule has 0 aliphatic heterocycles. The number of sulfonamides is 1. The molecule has 102 valence electrons. The van der Waals surface area contributed by atoms with Crippen LogP contribution in [0.5, 0.6) is 0 Å². The average Bonchev–Trinajstić information content (AvgIpc) is 2.27. The van der Waals surface area contributed by atoms with Gasteiger partial charge in [0.15, 0.2) is 5.03 Å². The van der Waals surface area contributed by atoms with Crippen molar-refractivity contribution in [1.29, 1.82) is 0 Å². The summed E-state index contributed by atoms with van der Waals surface area (Å²) in [5.74, 6) is 0. The largest absolute Gasteiger partial charge is 0.402 e. The van der Waals surface area contributed by atoms with Gasteiger partial charge in [0.1, 0.15) is 6.54 Å². The molecule has 0 atom stereocenters. The van der Waals surface area contributed by atoms with Gasteiger partial charge in [-0.1, -0.05) is 0 Å². The van der Waals surface area contributed by atoms with Crippen LogP contribution in [0.4, 0.5) is 18.9 Å². The van der Waals surface area contributed by atoms with Crippen LogP contribution in [0.15, 0.2) is 23.4 Å². The molecule has 0 aliphatic carbocycles. The molecule has 18 heavy (non-hydrogen) atoms. The Morgan fingerprint density at radius 2 is 2.06 bits per heavy atom. The summed E-state index contributed by atoms with van der Waals surface area (Å²) in [5.41, 5.74) is 0.162. The van der Waals surface area contributed by atoms with Gasteiger partial charge in [0.05, 0.1) is 5.69 Å². The second-order valence-electron chi connectivity index (χ2n) is 3.33. The molecule has 1 heterocycles. The molecule has 0 amide bonds. The molecular weight excluding hydrogens is 271 g/mol. The lowest BCUT2D eigenvalue weighted by atomic mass is 10.4. The number of hydrogen-bond acceptors (Lipinski definition) is 4. The molecule has 0 unspecified atom stereocenters. The maximum atomic E-state index is 12.0. The van der Waals surface area contributed by atoms with E-state index in [4.69, 9.17) is 0 Å². The van der Waals surface area contributed by atoms with Crippen molar-refractivity contribution < 1.29 is 21.6 Å². The Hall–Kier alpha value is -1.35. The van der Waals surface area contributed by atoms with Gasteiger partial charge in [-0.15, -0.1) is 0 Å². The summed E-state index contributed by atoms with van der Waals surface area (Å²) in [4.78, 5) is 3.59. The van der Waals surface area contributed by atoms with Crippen molar-refractivity contribution in [3.8, 4) is 0 Å². The Bertz CT molecular complexity index is 502. The highest BCUT2D eigenvalue weighted by atomic mass is 32.2. The van der Waals surface area contributed by atoms with Crippen molar-refractivity contribution in [2.45, 2.75) is 18.1 Å². The fourth-order valence-electron chi connectivity index (χ4n) is 1.18. The van der Waals surface area contributed by atoms with E-state index in [2.05, 4.69) is 10.3 Å². The van der Waals surface area contributed by atoms with Crippen molar-refractivity contribution >= 4 is 15.7 Å². The second-order valence-corrected chi connectivity index (χ2v) is 5.01. The first-order valence-corrected chi connectivity index (χ1v) is 6.50. The third kappa shape index (κ3) is 4.15. The lowest BCUT2D eigenvalue weighted by Gasteiger charge is -2.12. The lowest BCUT2D eigenvalue weighted by molar-refractivity contribution is -0.121. The van der Waals surface area contributed by atoms with Crippen molar-refractivity contribution in [3.05, 3.63) is 18.3 Å². The molecular formula is C9H12F3N3O2S. The molecule has 1 aromatic heterocycles. The predicted octanol–water partition coefficient (Wildman–Crippen LogP) is 1.35. The van der Waals surface area contributed by atoms with Gasteiger partial charge >= 0.3 is 6.18 Å². The average molecular weight is 283 g/mol. The number of rotatable bonds is 5. The van der Waals surface area contributed by atoms with Gasteiger partial charge in [-0.3, -0.25) is 0 Å². The first-order valence-electron chi connectivity index (χ1n) is 5.01. The summed E-state index contributed by atoms with van der Waals surface area (Å²) in [6, 6.07) is 2.92. The Morgan fingerprint density at radius 3 is 2.61 bits per heavy atom. The number of anilines is 1. The number of pyridine rings is 1. The highest BCUT2D eigenvalue weighted by Gasteiger charge is 2.31. The monoisotopic (exact) mass is 283 g/mol. The summed E-state index contributed by atoms with van der Waals surface area (Å²) >= 11 is 0. The minimum atomic E-state index is -4.61. The van der Waals surface area contributed by atoms with Crippen LogP contribution in [0.2, 0.25) is 0 Å². The fourth-order valence-corrected chi connectivity index (χ4v) is 2.29. The molecule has 1 rings (SSSR count). The zero-order chi connectivity index (χ0) is 13.8. The Kier molecular flexibility index (Phi) is 4.52. The van der Waals surface area contributed by atoms with Crippen LogP contribution >= 0.6 is 0 Å². The number of aromatic nitrogens is 1. The normalized spacial score (nSPS) is 12.4. The molecule has 0 fully saturated rings. The van der Waals surface area contributed by atoms with Gasteiger partial charge in [0.25, 0.3) is 10.0 Å². The Labute approximate surface area is 102 Å². The van der Waals surface area contributed by atoms with Crippen LogP contribution < -0.4 is 10.0 Å². The molecule has 0 saturated carbocycles. The summed E-state index contributed by atoms with van der Waals surface area (Å²) in [6.45, 7) is 0.525. The zero-order valence-corrected chi connectivity index (χ0v) is 10.3. The number of alkyl halides is 3. The van der Waals surface area contributed by atoms with Gasteiger partial charge in [0, 0.05) is 12.7 Å². The predicted molar refractivity (Wildman–Crippen MR) is 59.6 cm³/mol. The van der Waals surface area contributed by atoms with E-state index in [0.717, 1.165) is 0 Å². The highest BCUT2D eigenvalue weighted by molar-refractivity contribution is 7.89. The van der Waals surface area contributed by atoms with Gasteiger partial charge in [-0.2, -0.15) is 13.2 Å². The topological polar surface area (TPSA) is 71.1 Å². The SMILES string of the molecule is CCNc1cccnc1S(=O)(=O)NCC(F)(F)F. The van der Waals surface area contributed by atoms with Crippen LogP contribution in [0.1, 0.15) is 6.92 Å². The van der Waals surface area contributed by atoms with E-state index in [1.807, 2.05) is 0 Å². The van der Waals surface area contributed by atoms with E-state index in [-0.39, 0.29) is 5.69 Å². The summed E-state index contributed by atoms with van der Waals surface area (Å²) < 4.78 is 60.7. The van der Waals surface area contributed by atoms with Crippen LogP contribution in [-0.4, -0.2) is 32.7 Å². The van der Waals surface area contributed by atoms with Crippen LogP contribution in [0, 0.1) is 0 Å². The third-order valence-electron chi connectivity index (χ3n) is 1.86. The molecule has 9 heteroatoms. The Morgan fingerprint density at radius 1 is 1.39 bits per heavy atom. The molecule has 5 nitrogen and oxygen atoms in total. The first-order chi connectivity index (χ1) is 8.26. The van der Waals surface area contributed by atoms with E-state index in [1.165, 1.54) is 23.1 Å². The van der Waals surface area contributed by atoms with E-state index in [0.29, 0.717) is 6.54 Å². The van der Waals surface area contributed by atoms with Crippen molar-refractivity contribution in [3.63, 3.8) is 0 Å². The number of halogens is 3. The Balaban J connectivity index is 2.98. The maximum absolute atomic E-state index is 12.0. The van der Waals surface area contributed by atoms with Crippen molar-refractivity contribution in [2.75, 3.05) is 18.4 Å². The van der Waals surface area contributed by atoms with Crippen molar-refractivity contribution in [2.24, 2.45) is 0 Å². The molecule has 0 aliphatic rings. The van der Waals surface area contributed by atoms with E-state index in [1.54, 1.807) is 6.92 Å². The molecule has 0 aromatic carbocycles. The maximum Gasteiger partial charge on any atom is 0.402 e. The van der Waals surface area contributed by atoms with Crippen LogP contribution in [0.3, 0.4) is 0 Å². The smallest absolute Gasteiger partial charge is 0.383 e. The van der Waals surface area contributed by atoms with Gasteiger partial charge in [0.2, 0.25) is 0 Å². The summed E-state index contributed by atoms with van der Waals surface area (Å²) in [6.07, 6.45) is -3.41. The quantitative estimate of drug-likeness (QED) is 0.856. The minimum Gasteiger partial charge on any atom is -0.383 e. The summed E-state index contributed by atoms with van der Waals surface area (Å²) in [7, 11) is -4.29. The van der Waals surface area contributed by atoms with Crippen LogP contribution in [-0.2, 0) is 10.0 Å². The number of nitrogens with one attached hydrogen (secondary N) is 2. The molecule has 0 spiro atoms. The fraction of sp³-hybridized carbons (Fsp3) is 0.444. The number of nitrogens with zero attached hydrogens (tertiary/aromatic N) is 1. The van der Waals surface area contributed by atoms with E-state index >= 15 is 0 Å². The molecule has 0 bridgehead atoms. The third-order valence-corrected chi connectivity index (χ3v) is 3.21. The van der Waals surface area contributed by atoms with Gasteiger partial charge in [-0.25, -0.2) is 18.1 Å². The van der Waals surface area contributed by atoms with Crippen LogP contribution in [0.25, 0.3) is 0 Å². The minimum absolute atomic E-state index is 0.162. The van der Waals surface area contributed by atoms with Crippen molar-refractivity contribution in [1.82, 2.24) is 9.71 Å². The van der Waals surface area contributed by atoms with E-state index in [9.17, 15) is 21.6 Å². The van der Waals surface area contributed by atoms with Gasteiger partial charge < -0.3 is 5.32 Å². The lowest BCUT2D eigenvalue weighted by Crippen LogP contribution is -2.34. The standard InChI is InChI=1S/C9H12F3N3O2S/c1-2-13-7-4-3-5-14-8(7)18(16,17)15-6-9(10,11)12/h3-5,13,15H,2,6H2,1H3. The molecule has 1 aromatic rings. The molecule has 0 saturated heterocycles. The first kappa shape index (κ1) is 14.7.